The van der Waals surface area contributed by atoms with E-state index in [1.54, 1.807) is 0 Å². The fourth-order valence-corrected chi connectivity index (χ4v) is 2.87. The summed E-state index contributed by atoms with van der Waals surface area (Å²) in [6.45, 7) is 4.26. The molecular weight excluding hydrogens is 268 g/mol. The second-order valence-corrected chi connectivity index (χ2v) is 5.29. The van der Waals surface area contributed by atoms with E-state index >= 15 is 0 Å². The molecule has 0 radical (unpaired) electrons. The molecule has 3 aromatic rings. The Morgan fingerprint density at radius 3 is 2.45 bits per heavy atom. The van der Waals surface area contributed by atoms with Gasteiger partial charge in [-0.1, -0.05) is 26.0 Å². The van der Waals surface area contributed by atoms with Crippen molar-refractivity contribution in [1.82, 2.24) is 19.3 Å². The number of aromatic amines is 1. The van der Waals surface area contributed by atoms with Gasteiger partial charge in [0.2, 0.25) is 0 Å². The van der Waals surface area contributed by atoms with E-state index in [-0.39, 0.29) is 0 Å². The zero-order valence-electron chi connectivity index (χ0n) is 12.0. The van der Waals surface area contributed by atoms with Crippen LogP contribution in [-0.2, 0) is 19.9 Å². The Labute approximate surface area is 123 Å². The van der Waals surface area contributed by atoms with Crippen LogP contribution in [0.2, 0.25) is 0 Å². The molecule has 0 aliphatic heterocycles. The first-order chi connectivity index (χ1) is 9.65. The van der Waals surface area contributed by atoms with E-state index in [2.05, 4.69) is 52.8 Å². The molecular formula is C15H18N4S. The molecule has 0 unspecified atom stereocenters. The highest BCUT2D eigenvalue weighted by molar-refractivity contribution is 7.71. The van der Waals surface area contributed by atoms with Gasteiger partial charge in [-0.2, -0.15) is 5.10 Å². The summed E-state index contributed by atoms with van der Waals surface area (Å²) in [4.78, 5) is 3.29. The largest absolute Gasteiger partial charge is 0.327 e. The van der Waals surface area contributed by atoms with Gasteiger partial charge in [0, 0.05) is 12.7 Å². The lowest BCUT2D eigenvalue weighted by Crippen LogP contribution is -2.01. The highest BCUT2D eigenvalue weighted by Gasteiger charge is 2.15. The predicted octanol–water partition coefficient (Wildman–Crippen LogP) is 3.55. The van der Waals surface area contributed by atoms with Crippen LogP contribution in [0.25, 0.3) is 16.9 Å². The number of rotatable bonds is 3. The lowest BCUT2D eigenvalue weighted by Gasteiger charge is -2.05. The first-order valence-corrected chi connectivity index (χ1v) is 7.32. The van der Waals surface area contributed by atoms with Gasteiger partial charge in [-0.25, -0.2) is 4.68 Å². The highest BCUT2D eigenvalue weighted by Crippen LogP contribution is 2.22. The maximum Gasteiger partial charge on any atom is 0.184 e. The number of nitrogens with one attached hydrogen (secondary N) is 1. The van der Waals surface area contributed by atoms with Crippen LogP contribution in [0.1, 0.15) is 25.1 Å². The molecule has 2 heterocycles. The van der Waals surface area contributed by atoms with Gasteiger partial charge >= 0.3 is 0 Å². The number of hydrogen-bond acceptors (Lipinski definition) is 2. The van der Waals surface area contributed by atoms with Crippen molar-refractivity contribution in [3.63, 3.8) is 0 Å². The van der Waals surface area contributed by atoms with Crippen LogP contribution in [0.5, 0.6) is 0 Å². The van der Waals surface area contributed by atoms with Crippen molar-refractivity contribution in [2.75, 3.05) is 0 Å². The van der Waals surface area contributed by atoms with Crippen molar-refractivity contribution in [3.05, 3.63) is 40.3 Å². The molecule has 0 aliphatic rings. The third-order valence-corrected chi connectivity index (χ3v) is 3.96. The van der Waals surface area contributed by atoms with Crippen LogP contribution < -0.4 is 0 Å². The molecule has 0 saturated heterocycles. The van der Waals surface area contributed by atoms with Crippen LogP contribution in [0, 0.1) is 4.77 Å². The molecule has 4 nitrogen and oxygen atoms in total. The Kier molecular flexibility index (Phi) is 3.22. The van der Waals surface area contributed by atoms with Gasteiger partial charge in [-0.15, -0.1) is 0 Å². The average molecular weight is 286 g/mol. The van der Waals surface area contributed by atoms with Gasteiger partial charge in [-0.3, -0.25) is 4.57 Å². The average Bonchev–Trinajstić information content (AvgIpc) is 2.96. The molecule has 0 spiro atoms. The third-order valence-electron chi connectivity index (χ3n) is 3.67. The SMILES string of the molecule is CCc1ccc(-n2c(=S)[nH]c3c(CC)nn(C)c32)cc1. The van der Waals surface area contributed by atoms with Crippen LogP contribution in [0.15, 0.2) is 24.3 Å². The first kappa shape index (κ1) is 13.1. The molecule has 0 amide bonds. The van der Waals surface area contributed by atoms with Gasteiger partial charge in [0.05, 0.1) is 5.69 Å². The monoisotopic (exact) mass is 286 g/mol. The van der Waals surface area contributed by atoms with E-state index in [1.165, 1.54) is 5.56 Å². The van der Waals surface area contributed by atoms with Gasteiger partial charge in [0.1, 0.15) is 5.52 Å². The molecule has 104 valence electrons. The zero-order valence-corrected chi connectivity index (χ0v) is 12.8. The molecule has 0 aliphatic carbocycles. The summed E-state index contributed by atoms with van der Waals surface area (Å²) in [6.07, 6.45) is 1.93. The number of aryl methyl sites for hydroxylation is 3. The number of fused-ring (bicyclic) bond motifs is 1. The molecule has 1 aromatic carbocycles. The lowest BCUT2D eigenvalue weighted by molar-refractivity contribution is 0.748. The number of aromatic nitrogens is 4. The first-order valence-electron chi connectivity index (χ1n) is 6.91. The molecule has 0 atom stereocenters. The zero-order chi connectivity index (χ0) is 14.3. The maximum absolute atomic E-state index is 5.48. The summed E-state index contributed by atoms with van der Waals surface area (Å²) in [5, 5.41) is 4.55. The van der Waals surface area contributed by atoms with Crippen LogP contribution in [0.4, 0.5) is 0 Å². The normalized spacial score (nSPS) is 11.3. The Morgan fingerprint density at radius 2 is 1.85 bits per heavy atom. The van der Waals surface area contributed by atoms with E-state index < -0.39 is 0 Å². The number of H-pyrrole nitrogens is 1. The van der Waals surface area contributed by atoms with Crippen LogP contribution in [0.3, 0.4) is 0 Å². The van der Waals surface area contributed by atoms with E-state index in [0.29, 0.717) is 4.77 Å². The van der Waals surface area contributed by atoms with Gasteiger partial charge in [0.15, 0.2) is 10.4 Å². The smallest absolute Gasteiger partial charge is 0.184 e. The van der Waals surface area contributed by atoms with E-state index in [9.17, 15) is 0 Å². The lowest BCUT2D eigenvalue weighted by atomic mass is 10.1. The number of imidazole rings is 1. The van der Waals surface area contributed by atoms with E-state index in [1.807, 2.05) is 11.7 Å². The minimum absolute atomic E-state index is 0.715. The molecule has 20 heavy (non-hydrogen) atoms. The van der Waals surface area contributed by atoms with Gasteiger partial charge < -0.3 is 4.98 Å². The van der Waals surface area contributed by atoms with E-state index in [4.69, 9.17) is 12.2 Å². The summed E-state index contributed by atoms with van der Waals surface area (Å²) in [7, 11) is 1.96. The second kappa shape index (κ2) is 4.90. The predicted molar refractivity (Wildman–Crippen MR) is 84.0 cm³/mol. The van der Waals surface area contributed by atoms with Crippen molar-refractivity contribution in [2.45, 2.75) is 26.7 Å². The Hall–Kier alpha value is -1.88. The Balaban J connectivity index is 2.27. The Bertz CT molecular complexity index is 805. The standard InChI is InChI=1S/C15H18N4S/c1-4-10-6-8-11(9-7-10)19-14-13(16-15(19)20)12(5-2)17-18(14)3/h6-9H,4-5H2,1-3H3,(H,16,20). The van der Waals surface area contributed by atoms with Crippen molar-refractivity contribution >= 4 is 23.4 Å². The fourth-order valence-electron chi connectivity index (χ4n) is 2.58. The maximum atomic E-state index is 5.48. The summed E-state index contributed by atoms with van der Waals surface area (Å²) < 4.78 is 4.66. The molecule has 2 aromatic heterocycles. The molecule has 0 bridgehead atoms. The minimum atomic E-state index is 0.715. The van der Waals surface area contributed by atoms with Crippen molar-refractivity contribution < 1.29 is 0 Å². The van der Waals surface area contributed by atoms with Crippen molar-refractivity contribution in [3.8, 4) is 5.69 Å². The van der Waals surface area contributed by atoms with Crippen molar-refractivity contribution in [1.29, 1.82) is 0 Å². The number of hydrogen-bond donors (Lipinski definition) is 1. The number of benzene rings is 1. The molecule has 0 fully saturated rings. The van der Waals surface area contributed by atoms with Crippen LogP contribution in [-0.4, -0.2) is 19.3 Å². The molecule has 1 N–H and O–H groups in total. The van der Waals surface area contributed by atoms with E-state index in [0.717, 1.165) is 35.4 Å². The van der Waals surface area contributed by atoms with Gasteiger partial charge in [0.25, 0.3) is 0 Å². The molecule has 5 heteroatoms. The summed E-state index contributed by atoms with van der Waals surface area (Å²) >= 11 is 5.48. The van der Waals surface area contributed by atoms with Gasteiger partial charge in [-0.05, 0) is 42.8 Å². The molecule has 0 saturated carbocycles. The van der Waals surface area contributed by atoms with Crippen LogP contribution >= 0.6 is 12.2 Å². The summed E-state index contributed by atoms with van der Waals surface area (Å²) in [5.41, 5.74) is 5.52. The molecule has 3 rings (SSSR count). The summed E-state index contributed by atoms with van der Waals surface area (Å²) in [6, 6.07) is 8.52. The van der Waals surface area contributed by atoms with Crippen molar-refractivity contribution in [2.24, 2.45) is 7.05 Å². The Morgan fingerprint density at radius 1 is 1.15 bits per heavy atom. The minimum Gasteiger partial charge on any atom is -0.327 e. The third kappa shape index (κ3) is 1.89. The topological polar surface area (TPSA) is 38.5 Å². The number of nitrogens with zero attached hydrogens (tertiary/aromatic N) is 3. The summed E-state index contributed by atoms with van der Waals surface area (Å²) in [5.74, 6) is 0. The fraction of sp³-hybridized carbons (Fsp3) is 0.333. The second-order valence-electron chi connectivity index (χ2n) is 4.91. The quantitative estimate of drug-likeness (QED) is 0.748. The highest BCUT2D eigenvalue weighted by atomic mass is 32.1.